The van der Waals surface area contributed by atoms with E-state index in [1.165, 1.54) is 17.0 Å². The second kappa shape index (κ2) is 5.25. The maximum Gasteiger partial charge on any atom is 0.231 e. The molecule has 3 rings (SSSR count). The Labute approximate surface area is 120 Å². The molecule has 0 bridgehead atoms. The number of thiophene rings is 1. The summed E-state index contributed by atoms with van der Waals surface area (Å²) in [5, 5.41) is 4.81. The van der Waals surface area contributed by atoms with Crippen LogP contribution in [-0.4, -0.2) is 5.91 Å². The molecule has 5 heteroatoms. The molecule has 1 aliphatic rings. The van der Waals surface area contributed by atoms with Crippen LogP contribution < -0.4 is 11.1 Å². The van der Waals surface area contributed by atoms with Crippen molar-refractivity contribution in [2.45, 2.75) is 25.2 Å². The minimum atomic E-state index is -0.511. The average Bonchev–Trinajstić information content (AvgIpc) is 2.91. The highest BCUT2D eigenvalue weighted by atomic mass is 32.1. The number of hydrogen-bond acceptors (Lipinski definition) is 3. The van der Waals surface area contributed by atoms with E-state index in [0.29, 0.717) is 5.69 Å². The first-order chi connectivity index (χ1) is 9.65. The molecule has 0 spiro atoms. The van der Waals surface area contributed by atoms with Gasteiger partial charge in [0.2, 0.25) is 5.91 Å². The second-order valence-corrected chi connectivity index (χ2v) is 5.97. The molecule has 0 aliphatic heterocycles. The van der Waals surface area contributed by atoms with Crippen molar-refractivity contribution >= 4 is 28.6 Å². The maximum atomic E-state index is 13.4. The number of aryl methyl sites for hydroxylation is 1. The van der Waals surface area contributed by atoms with Crippen LogP contribution in [0.5, 0.6) is 0 Å². The van der Waals surface area contributed by atoms with Gasteiger partial charge in [0, 0.05) is 10.6 Å². The summed E-state index contributed by atoms with van der Waals surface area (Å²) in [7, 11) is 0. The van der Waals surface area contributed by atoms with Crippen LogP contribution in [0.4, 0.5) is 15.8 Å². The van der Waals surface area contributed by atoms with Crippen LogP contribution in [0.2, 0.25) is 0 Å². The molecule has 0 saturated heterocycles. The lowest BCUT2D eigenvalue weighted by Gasteiger charge is -2.21. The van der Waals surface area contributed by atoms with E-state index in [9.17, 15) is 9.18 Å². The third-order valence-electron chi connectivity index (χ3n) is 3.64. The zero-order valence-corrected chi connectivity index (χ0v) is 11.7. The molecular formula is C15H15FN2OS. The van der Waals surface area contributed by atoms with Gasteiger partial charge < -0.3 is 11.1 Å². The van der Waals surface area contributed by atoms with Gasteiger partial charge >= 0.3 is 0 Å². The highest BCUT2D eigenvalue weighted by Gasteiger charge is 2.27. The molecule has 1 aliphatic carbocycles. The SMILES string of the molecule is Nc1ccc(NC(=O)C2CCCc3sccc32)cc1F. The van der Waals surface area contributed by atoms with Gasteiger partial charge in [-0.15, -0.1) is 11.3 Å². The summed E-state index contributed by atoms with van der Waals surface area (Å²) in [6, 6.07) is 6.35. The minimum absolute atomic E-state index is 0.0754. The Kier molecular flexibility index (Phi) is 3.44. The monoisotopic (exact) mass is 290 g/mol. The quantitative estimate of drug-likeness (QED) is 0.831. The lowest BCUT2D eigenvalue weighted by atomic mass is 9.87. The van der Waals surface area contributed by atoms with E-state index in [4.69, 9.17) is 5.73 Å². The maximum absolute atomic E-state index is 13.4. The van der Waals surface area contributed by atoms with Crippen molar-refractivity contribution in [2.75, 3.05) is 11.1 Å². The van der Waals surface area contributed by atoms with E-state index >= 15 is 0 Å². The zero-order valence-electron chi connectivity index (χ0n) is 10.9. The first kappa shape index (κ1) is 13.1. The van der Waals surface area contributed by atoms with Crippen molar-refractivity contribution in [1.82, 2.24) is 0 Å². The van der Waals surface area contributed by atoms with Gasteiger partial charge in [-0.3, -0.25) is 4.79 Å². The van der Waals surface area contributed by atoms with E-state index < -0.39 is 5.82 Å². The number of nitrogen functional groups attached to an aromatic ring is 1. The largest absolute Gasteiger partial charge is 0.396 e. The molecule has 104 valence electrons. The van der Waals surface area contributed by atoms with E-state index in [-0.39, 0.29) is 17.5 Å². The highest BCUT2D eigenvalue weighted by molar-refractivity contribution is 7.10. The van der Waals surface area contributed by atoms with Gasteiger partial charge in [-0.2, -0.15) is 0 Å². The standard InChI is InChI=1S/C15H15FN2OS/c16-12-8-9(4-5-13(12)17)18-15(19)11-2-1-3-14-10(11)6-7-20-14/h4-8,11H,1-3,17H2,(H,18,19). The highest BCUT2D eigenvalue weighted by Crippen LogP contribution is 2.35. The van der Waals surface area contributed by atoms with Crippen LogP contribution in [0.1, 0.15) is 29.2 Å². The molecule has 1 heterocycles. The number of halogens is 1. The molecule has 20 heavy (non-hydrogen) atoms. The Hall–Kier alpha value is -1.88. The molecule has 3 N–H and O–H groups in total. The predicted molar refractivity (Wildman–Crippen MR) is 79.4 cm³/mol. The number of benzene rings is 1. The number of fused-ring (bicyclic) bond motifs is 1. The van der Waals surface area contributed by atoms with E-state index in [0.717, 1.165) is 24.8 Å². The van der Waals surface area contributed by atoms with Crippen LogP contribution in [0.15, 0.2) is 29.6 Å². The fourth-order valence-corrected chi connectivity index (χ4v) is 3.58. The summed E-state index contributed by atoms with van der Waals surface area (Å²) >= 11 is 1.70. The van der Waals surface area contributed by atoms with Gasteiger partial charge in [0.25, 0.3) is 0 Å². The van der Waals surface area contributed by atoms with Crippen LogP contribution in [0.3, 0.4) is 0 Å². The fourth-order valence-electron chi connectivity index (χ4n) is 2.59. The minimum Gasteiger partial charge on any atom is -0.396 e. The molecule has 1 aromatic heterocycles. The number of nitrogens with one attached hydrogen (secondary N) is 1. The van der Waals surface area contributed by atoms with Gasteiger partial charge in [-0.1, -0.05) is 0 Å². The number of amides is 1. The number of nitrogens with two attached hydrogens (primary N) is 1. The lowest BCUT2D eigenvalue weighted by molar-refractivity contribution is -0.117. The van der Waals surface area contributed by atoms with Crippen LogP contribution >= 0.6 is 11.3 Å². The van der Waals surface area contributed by atoms with Crippen molar-refractivity contribution in [3.8, 4) is 0 Å². The van der Waals surface area contributed by atoms with Crippen LogP contribution in [0.25, 0.3) is 0 Å². The van der Waals surface area contributed by atoms with Crippen LogP contribution in [-0.2, 0) is 11.2 Å². The summed E-state index contributed by atoms with van der Waals surface area (Å²) in [4.78, 5) is 13.7. The first-order valence-electron chi connectivity index (χ1n) is 6.57. The third-order valence-corrected chi connectivity index (χ3v) is 4.63. The summed E-state index contributed by atoms with van der Waals surface area (Å²) in [6.45, 7) is 0. The summed E-state index contributed by atoms with van der Waals surface area (Å²) in [5.41, 5.74) is 7.08. The molecule has 3 nitrogen and oxygen atoms in total. The average molecular weight is 290 g/mol. The molecule has 1 atom stereocenters. The number of rotatable bonds is 2. The molecular weight excluding hydrogens is 275 g/mol. The Bertz CT molecular complexity index is 653. The molecule has 0 fully saturated rings. The second-order valence-electron chi connectivity index (χ2n) is 4.97. The van der Waals surface area contributed by atoms with E-state index in [2.05, 4.69) is 5.32 Å². The number of carbonyl (C=O) groups is 1. The molecule has 1 unspecified atom stereocenters. The molecule has 1 amide bonds. The predicted octanol–water partition coefficient (Wildman–Crippen LogP) is 3.53. The van der Waals surface area contributed by atoms with Gasteiger partial charge in [0.15, 0.2) is 0 Å². The Morgan fingerprint density at radius 2 is 2.25 bits per heavy atom. The van der Waals surface area contributed by atoms with Crippen LogP contribution in [0, 0.1) is 5.82 Å². The van der Waals surface area contributed by atoms with Gasteiger partial charge in [0.05, 0.1) is 11.6 Å². The summed E-state index contributed by atoms with van der Waals surface area (Å²) in [5.74, 6) is -0.721. The lowest BCUT2D eigenvalue weighted by Crippen LogP contribution is -2.23. The van der Waals surface area contributed by atoms with Gasteiger partial charge in [-0.25, -0.2) is 4.39 Å². The Balaban J connectivity index is 1.79. The Morgan fingerprint density at radius 1 is 1.40 bits per heavy atom. The normalized spacial score (nSPS) is 17.6. The Morgan fingerprint density at radius 3 is 3.05 bits per heavy atom. The van der Waals surface area contributed by atoms with Crippen molar-refractivity contribution in [1.29, 1.82) is 0 Å². The van der Waals surface area contributed by atoms with Gasteiger partial charge in [-0.05, 0) is 54.5 Å². The smallest absolute Gasteiger partial charge is 0.231 e. The van der Waals surface area contributed by atoms with Gasteiger partial charge in [0.1, 0.15) is 5.82 Å². The molecule has 1 aromatic carbocycles. The number of hydrogen-bond donors (Lipinski definition) is 2. The number of anilines is 2. The first-order valence-corrected chi connectivity index (χ1v) is 7.45. The number of carbonyl (C=O) groups excluding carboxylic acids is 1. The van der Waals surface area contributed by atoms with Crippen molar-refractivity contribution in [2.24, 2.45) is 0 Å². The summed E-state index contributed by atoms with van der Waals surface area (Å²) in [6.07, 6.45) is 2.90. The zero-order chi connectivity index (χ0) is 14.1. The topological polar surface area (TPSA) is 55.1 Å². The molecule has 0 saturated carbocycles. The van der Waals surface area contributed by atoms with Crippen molar-refractivity contribution in [3.05, 3.63) is 45.9 Å². The molecule has 2 aromatic rings. The molecule has 0 radical (unpaired) electrons. The van der Waals surface area contributed by atoms with E-state index in [1.54, 1.807) is 17.4 Å². The third kappa shape index (κ3) is 2.41. The summed E-state index contributed by atoms with van der Waals surface area (Å²) < 4.78 is 13.4. The van der Waals surface area contributed by atoms with E-state index in [1.807, 2.05) is 11.4 Å². The fraction of sp³-hybridized carbons (Fsp3) is 0.267. The van der Waals surface area contributed by atoms with Crippen molar-refractivity contribution in [3.63, 3.8) is 0 Å². The van der Waals surface area contributed by atoms with Crippen molar-refractivity contribution < 1.29 is 9.18 Å².